The Labute approximate surface area is 155 Å². The number of fused-ring (bicyclic) bond motifs is 1. The fraction of sp³-hybridized carbons (Fsp3) is 0.333. The van der Waals surface area contributed by atoms with Crippen LogP contribution in [0.1, 0.15) is 0 Å². The molecule has 2 aliphatic heterocycles. The second-order valence-electron chi connectivity index (χ2n) is 6.15. The van der Waals surface area contributed by atoms with Crippen molar-refractivity contribution in [3.63, 3.8) is 0 Å². The van der Waals surface area contributed by atoms with E-state index in [-0.39, 0.29) is 25.0 Å². The van der Waals surface area contributed by atoms with E-state index in [2.05, 4.69) is 20.2 Å². The first-order valence-corrected chi connectivity index (χ1v) is 8.67. The van der Waals surface area contributed by atoms with E-state index in [9.17, 15) is 9.59 Å². The van der Waals surface area contributed by atoms with Gasteiger partial charge >= 0.3 is 0 Å². The van der Waals surface area contributed by atoms with Crippen LogP contribution in [0.2, 0.25) is 0 Å². The van der Waals surface area contributed by atoms with Gasteiger partial charge in [-0.2, -0.15) is 0 Å². The van der Waals surface area contributed by atoms with Crippen molar-refractivity contribution in [2.75, 3.05) is 54.6 Å². The molecule has 4 heterocycles. The lowest BCUT2D eigenvalue weighted by Gasteiger charge is -2.28. The maximum atomic E-state index is 12.4. The van der Waals surface area contributed by atoms with E-state index in [0.717, 1.165) is 18.9 Å². The minimum atomic E-state index is -0.331. The van der Waals surface area contributed by atoms with Crippen molar-refractivity contribution in [1.29, 1.82) is 0 Å². The highest BCUT2D eigenvalue weighted by Gasteiger charge is 2.28. The Morgan fingerprint density at radius 3 is 2.81 bits per heavy atom. The highest BCUT2D eigenvalue weighted by atomic mass is 16.5. The first-order chi connectivity index (χ1) is 13.2. The number of nitrogens with one attached hydrogen (secondary N) is 1. The largest absolute Gasteiger partial charge is 0.480 e. The molecule has 0 unspecified atom stereocenters. The monoisotopic (exact) mass is 369 g/mol. The zero-order valence-corrected chi connectivity index (χ0v) is 14.6. The van der Waals surface area contributed by atoms with Gasteiger partial charge in [-0.25, -0.2) is 9.97 Å². The van der Waals surface area contributed by atoms with Crippen LogP contribution in [0.5, 0.6) is 5.75 Å². The Morgan fingerprint density at radius 1 is 1.19 bits per heavy atom. The van der Waals surface area contributed by atoms with E-state index in [1.54, 1.807) is 30.6 Å². The zero-order chi connectivity index (χ0) is 18.6. The molecule has 4 rings (SSSR count). The van der Waals surface area contributed by atoms with Crippen molar-refractivity contribution in [2.24, 2.45) is 0 Å². The average Bonchev–Trinajstić information content (AvgIpc) is 2.71. The van der Waals surface area contributed by atoms with Crippen molar-refractivity contribution < 1.29 is 19.1 Å². The second kappa shape index (κ2) is 7.58. The van der Waals surface area contributed by atoms with Crippen molar-refractivity contribution in [1.82, 2.24) is 9.97 Å². The van der Waals surface area contributed by atoms with Crippen LogP contribution in [0.3, 0.4) is 0 Å². The van der Waals surface area contributed by atoms with Gasteiger partial charge in [0.25, 0.3) is 5.91 Å². The number of hydrogen-bond acceptors (Lipinski definition) is 7. The van der Waals surface area contributed by atoms with Gasteiger partial charge in [-0.15, -0.1) is 0 Å². The first kappa shape index (κ1) is 17.2. The summed E-state index contributed by atoms with van der Waals surface area (Å²) in [6, 6.07) is 7.09. The molecule has 2 aliphatic rings. The van der Waals surface area contributed by atoms with Gasteiger partial charge in [-0.1, -0.05) is 0 Å². The molecular formula is C18H19N5O4. The number of amides is 2. The number of carbonyl (C=O) groups excluding carboxylic acids is 2. The average molecular weight is 369 g/mol. The molecule has 1 fully saturated rings. The summed E-state index contributed by atoms with van der Waals surface area (Å²) in [7, 11) is 0. The van der Waals surface area contributed by atoms with E-state index in [4.69, 9.17) is 9.47 Å². The molecule has 0 aromatic carbocycles. The van der Waals surface area contributed by atoms with Gasteiger partial charge in [-0.3, -0.25) is 14.5 Å². The lowest BCUT2D eigenvalue weighted by molar-refractivity contribution is -0.123. The minimum absolute atomic E-state index is 0.109. The number of hydrogen-bond donors (Lipinski definition) is 1. The van der Waals surface area contributed by atoms with Gasteiger partial charge in [0.05, 0.1) is 25.1 Å². The molecular weight excluding hydrogens is 350 g/mol. The molecule has 9 nitrogen and oxygen atoms in total. The fourth-order valence-corrected chi connectivity index (χ4v) is 2.98. The van der Waals surface area contributed by atoms with E-state index in [1.807, 2.05) is 6.07 Å². The molecule has 0 radical (unpaired) electrons. The number of carbonyl (C=O) groups is 2. The summed E-state index contributed by atoms with van der Waals surface area (Å²) in [4.78, 5) is 36.5. The van der Waals surface area contributed by atoms with Crippen LogP contribution in [0.4, 0.5) is 17.3 Å². The van der Waals surface area contributed by atoms with Crippen LogP contribution in [0, 0.1) is 0 Å². The third kappa shape index (κ3) is 3.82. The molecule has 0 bridgehead atoms. The van der Waals surface area contributed by atoms with Gasteiger partial charge in [0.1, 0.15) is 12.4 Å². The Bertz CT molecular complexity index is 836. The van der Waals surface area contributed by atoms with Crippen LogP contribution >= 0.6 is 0 Å². The second-order valence-corrected chi connectivity index (χ2v) is 6.15. The molecule has 2 aromatic rings. The van der Waals surface area contributed by atoms with Gasteiger partial charge < -0.3 is 19.7 Å². The van der Waals surface area contributed by atoms with Gasteiger partial charge in [0.15, 0.2) is 18.2 Å². The standard InChI is InChI=1S/C18H19N5O4/c24-16(11-23-17(25)12-27-14-2-1-5-19-18(14)23)21-13-3-4-15(20-10-13)22-6-8-26-9-7-22/h1-5,10H,6-9,11-12H2,(H,21,24). The van der Waals surface area contributed by atoms with E-state index in [0.29, 0.717) is 30.5 Å². The molecule has 0 saturated carbocycles. The minimum Gasteiger partial charge on any atom is -0.480 e. The molecule has 1 N–H and O–H groups in total. The number of anilines is 3. The number of morpholine rings is 1. The van der Waals surface area contributed by atoms with Crippen LogP contribution in [-0.4, -0.2) is 61.2 Å². The summed E-state index contributed by atoms with van der Waals surface area (Å²) in [6.07, 6.45) is 3.16. The third-order valence-corrected chi connectivity index (χ3v) is 4.33. The van der Waals surface area contributed by atoms with Crippen LogP contribution < -0.4 is 19.9 Å². The van der Waals surface area contributed by atoms with E-state index >= 15 is 0 Å². The van der Waals surface area contributed by atoms with Gasteiger partial charge in [-0.05, 0) is 24.3 Å². The summed E-state index contributed by atoms with van der Waals surface area (Å²) in [5.74, 6) is 1.05. The maximum absolute atomic E-state index is 12.4. The number of ether oxygens (including phenoxy) is 2. The normalized spacial score (nSPS) is 16.5. The Hall–Kier alpha value is -3.20. The Morgan fingerprint density at radius 2 is 2.04 bits per heavy atom. The van der Waals surface area contributed by atoms with E-state index < -0.39 is 0 Å². The van der Waals surface area contributed by atoms with Gasteiger partial charge in [0, 0.05) is 19.3 Å². The topological polar surface area (TPSA) is 96.9 Å². The van der Waals surface area contributed by atoms with Crippen molar-refractivity contribution >= 4 is 29.1 Å². The van der Waals surface area contributed by atoms with E-state index in [1.165, 1.54) is 4.90 Å². The third-order valence-electron chi connectivity index (χ3n) is 4.33. The number of nitrogens with zero attached hydrogens (tertiary/aromatic N) is 4. The van der Waals surface area contributed by atoms with Crippen LogP contribution in [0.25, 0.3) is 0 Å². The van der Waals surface area contributed by atoms with Crippen molar-refractivity contribution in [2.45, 2.75) is 0 Å². The fourth-order valence-electron chi connectivity index (χ4n) is 2.98. The molecule has 9 heteroatoms. The molecule has 0 aliphatic carbocycles. The molecule has 0 atom stereocenters. The molecule has 2 amide bonds. The number of pyridine rings is 2. The molecule has 2 aromatic heterocycles. The molecule has 140 valence electrons. The highest BCUT2D eigenvalue weighted by molar-refractivity contribution is 6.04. The van der Waals surface area contributed by atoms with Crippen LogP contribution in [-0.2, 0) is 14.3 Å². The zero-order valence-electron chi connectivity index (χ0n) is 14.6. The predicted molar refractivity (Wildman–Crippen MR) is 98.0 cm³/mol. The predicted octanol–water partition coefficient (Wildman–Crippen LogP) is 0.677. The quantitative estimate of drug-likeness (QED) is 0.846. The van der Waals surface area contributed by atoms with Crippen LogP contribution in [0.15, 0.2) is 36.7 Å². The van der Waals surface area contributed by atoms with Gasteiger partial charge in [0.2, 0.25) is 5.91 Å². The van der Waals surface area contributed by atoms with Crippen molar-refractivity contribution in [3.8, 4) is 5.75 Å². The lowest BCUT2D eigenvalue weighted by atomic mass is 10.3. The van der Waals surface area contributed by atoms with Crippen molar-refractivity contribution in [3.05, 3.63) is 36.7 Å². The SMILES string of the molecule is O=C(CN1C(=O)COc2cccnc21)Nc1ccc(N2CCOCC2)nc1. The number of aromatic nitrogens is 2. The Balaban J connectivity index is 1.40. The highest BCUT2D eigenvalue weighted by Crippen LogP contribution is 2.28. The first-order valence-electron chi connectivity index (χ1n) is 8.67. The lowest BCUT2D eigenvalue weighted by Crippen LogP contribution is -2.44. The number of rotatable bonds is 4. The smallest absolute Gasteiger partial charge is 0.266 e. The molecule has 27 heavy (non-hydrogen) atoms. The summed E-state index contributed by atoms with van der Waals surface area (Å²) in [5, 5.41) is 2.76. The maximum Gasteiger partial charge on any atom is 0.266 e. The summed E-state index contributed by atoms with van der Waals surface area (Å²) in [6.45, 7) is 2.71. The molecule has 1 saturated heterocycles. The summed E-state index contributed by atoms with van der Waals surface area (Å²) >= 11 is 0. The Kier molecular flexibility index (Phi) is 4.84. The molecule has 0 spiro atoms. The summed E-state index contributed by atoms with van der Waals surface area (Å²) in [5.41, 5.74) is 0.568. The summed E-state index contributed by atoms with van der Waals surface area (Å²) < 4.78 is 10.7.